The zero-order valence-electron chi connectivity index (χ0n) is 16.1. The van der Waals surface area contributed by atoms with Gasteiger partial charge in [-0.2, -0.15) is 5.26 Å². The van der Waals surface area contributed by atoms with Crippen LogP contribution in [0, 0.1) is 11.3 Å². The lowest BCUT2D eigenvalue weighted by Gasteiger charge is -2.15. The number of hydrogen-bond donors (Lipinski definition) is 1. The van der Waals surface area contributed by atoms with Crippen molar-refractivity contribution in [3.05, 3.63) is 59.7 Å². The van der Waals surface area contributed by atoms with Crippen LogP contribution in [0.4, 0.5) is 5.69 Å². The monoisotopic (exact) mass is 410 g/mol. The predicted octanol–water partition coefficient (Wildman–Crippen LogP) is 4.01. The van der Waals surface area contributed by atoms with Crippen molar-refractivity contribution in [2.24, 2.45) is 0 Å². The molecule has 0 bridgehead atoms. The van der Waals surface area contributed by atoms with Gasteiger partial charge in [-0.05, 0) is 56.2 Å². The molecule has 1 amide bonds. The van der Waals surface area contributed by atoms with E-state index in [1.54, 1.807) is 48.2 Å². The van der Waals surface area contributed by atoms with E-state index >= 15 is 0 Å². The first-order valence-electron chi connectivity index (χ1n) is 9.42. The van der Waals surface area contributed by atoms with Gasteiger partial charge in [0.2, 0.25) is 0 Å². The zero-order chi connectivity index (χ0) is 20.6. The summed E-state index contributed by atoms with van der Waals surface area (Å²) < 4.78 is 11.0. The molecule has 2 atom stereocenters. The summed E-state index contributed by atoms with van der Waals surface area (Å²) in [6.45, 7) is 2.32. The Balaban J connectivity index is 1.58. The van der Waals surface area contributed by atoms with Gasteiger partial charge >= 0.3 is 5.97 Å². The Bertz CT molecular complexity index is 902. The molecule has 1 aliphatic rings. The number of carbonyl (C=O) groups excluding carboxylic acids is 2. The third-order valence-electron chi connectivity index (χ3n) is 4.49. The maximum Gasteiger partial charge on any atom is 0.340 e. The topological polar surface area (TPSA) is 88.4 Å². The highest BCUT2D eigenvalue weighted by atomic mass is 32.2. The molecule has 1 aliphatic heterocycles. The average molecular weight is 410 g/mol. The summed E-state index contributed by atoms with van der Waals surface area (Å²) in [7, 11) is 0. The molecule has 1 fully saturated rings. The lowest BCUT2D eigenvalue weighted by Crippen LogP contribution is -2.30. The number of amides is 1. The molecular formula is C22H22N2O4S. The number of hydrogen-bond acceptors (Lipinski definition) is 6. The summed E-state index contributed by atoms with van der Waals surface area (Å²) in [5.41, 5.74) is 1.47. The molecule has 0 radical (unpaired) electrons. The highest BCUT2D eigenvalue weighted by Crippen LogP contribution is 2.27. The molecule has 1 N–H and O–H groups in total. The first kappa shape index (κ1) is 20.9. The molecule has 1 saturated heterocycles. The molecule has 0 saturated carbocycles. The van der Waals surface area contributed by atoms with Crippen molar-refractivity contribution >= 4 is 29.3 Å². The molecule has 150 valence electrons. The number of anilines is 1. The van der Waals surface area contributed by atoms with E-state index < -0.39 is 18.0 Å². The number of thioether (sulfide) groups is 1. The Morgan fingerprint density at radius 2 is 2.03 bits per heavy atom. The normalized spacial score (nSPS) is 16.6. The van der Waals surface area contributed by atoms with Gasteiger partial charge in [0.1, 0.15) is 0 Å². The van der Waals surface area contributed by atoms with E-state index in [0.717, 1.165) is 30.1 Å². The zero-order valence-corrected chi connectivity index (χ0v) is 16.9. The van der Waals surface area contributed by atoms with Crippen molar-refractivity contribution in [2.75, 3.05) is 17.7 Å². The number of rotatable bonds is 7. The van der Waals surface area contributed by atoms with Crippen LogP contribution in [0.5, 0.6) is 0 Å². The van der Waals surface area contributed by atoms with Crippen LogP contribution in [0.1, 0.15) is 35.7 Å². The number of nitrogens with zero attached hydrogens (tertiary/aromatic N) is 1. The van der Waals surface area contributed by atoms with Crippen LogP contribution >= 0.6 is 11.8 Å². The summed E-state index contributed by atoms with van der Waals surface area (Å²) >= 11 is 1.56. The lowest BCUT2D eigenvalue weighted by molar-refractivity contribution is -0.123. The van der Waals surface area contributed by atoms with Crippen LogP contribution < -0.4 is 5.32 Å². The van der Waals surface area contributed by atoms with Crippen LogP contribution in [-0.4, -0.2) is 36.4 Å². The molecule has 0 spiro atoms. The minimum absolute atomic E-state index is 0.209. The van der Waals surface area contributed by atoms with E-state index in [4.69, 9.17) is 14.7 Å². The van der Waals surface area contributed by atoms with E-state index in [0.29, 0.717) is 16.8 Å². The largest absolute Gasteiger partial charge is 0.449 e. The number of carbonyl (C=O) groups is 2. The fraction of sp³-hybridized carbons (Fsp3) is 0.318. The van der Waals surface area contributed by atoms with E-state index in [9.17, 15) is 9.59 Å². The highest BCUT2D eigenvalue weighted by molar-refractivity contribution is 7.99. The van der Waals surface area contributed by atoms with Crippen LogP contribution in [-0.2, 0) is 14.3 Å². The van der Waals surface area contributed by atoms with E-state index in [2.05, 4.69) is 5.32 Å². The molecular weight excluding hydrogens is 388 g/mol. The SMILES string of the molecule is C[C@H](OC(=O)c1ccccc1SC[C@H]1CCCO1)C(=O)Nc1ccc(C#N)cc1. The third-order valence-corrected chi connectivity index (χ3v) is 5.70. The number of benzene rings is 2. The van der Waals surface area contributed by atoms with Crippen LogP contribution in [0.15, 0.2) is 53.4 Å². The second kappa shape index (κ2) is 10.1. The summed E-state index contributed by atoms with van der Waals surface area (Å²) in [6.07, 6.45) is 1.35. The van der Waals surface area contributed by atoms with Crippen molar-refractivity contribution in [2.45, 2.75) is 36.9 Å². The summed E-state index contributed by atoms with van der Waals surface area (Å²) in [4.78, 5) is 25.8. The van der Waals surface area contributed by atoms with E-state index in [1.807, 2.05) is 18.2 Å². The second-order valence-electron chi connectivity index (χ2n) is 6.67. The number of nitrogens with one attached hydrogen (secondary N) is 1. The minimum Gasteiger partial charge on any atom is -0.449 e. The second-order valence-corrected chi connectivity index (χ2v) is 7.73. The first-order valence-corrected chi connectivity index (χ1v) is 10.4. The fourth-order valence-corrected chi connectivity index (χ4v) is 3.98. The van der Waals surface area contributed by atoms with E-state index in [-0.39, 0.29) is 6.10 Å². The van der Waals surface area contributed by atoms with E-state index in [1.165, 1.54) is 6.92 Å². The molecule has 29 heavy (non-hydrogen) atoms. The molecule has 2 aromatic carbocycles. The number of esters is 1. The van der Waals surface area contributed by atoms with Gasteiger partial charge in [0.15, 0.2) is 6.10 Å². The van der Waals surface area contributed by atoms with Gasteiger partial charge in [-0.1, -0.05) is 12.1 Å². The Labute approximate surface area is 174 Å². The molecule has 1 heterocycles. The van der Waals surface area contributed by atoms with Crippen molar-refractivity contribution in [3.8, 4) is 6.07 Å². The maximum absolute atomic E-state index is 12.6. The van der Waals surface area contributed by atoms with Crippen LogP contribution in [0.3, 0.4) is 0 Å². The molecule has 0 aliphatic carbocycles. The molecule has 6 nitrogen and oxygen atoms in total. The summed E-state index contributed by atoms with van der Waals surface area (Å²) in [6, 6.07) is 15.7. The Kier molecular flexibility index (Phi) is 7.28. The molecule has 3 rings (SSSR count). The molecule has 7 heteroatoms. The van der Waals surface area contributed by atoms with Gasteiger partial charge in [-0.3, -0.25) is 4.79 Å². The van der Waals surface area contributed by atoms with Gasteiger partial charge < -0.3 is 14.8 Å². The van der Waals surface area contributed by atoms with Gasteiger partial charge in [-0.25, -0.2) is 4.79 Å². The Hall–Kier alpha value is -2.82. The maximum atomic E-state index is 12.6. The van der Waals surface area contributed by atoms with Gasteiger partial charge in [-0.15, -0.1) is 11.8 Å². The van der Waals surface area contributed by atoms with Crippen molar-refractivity contribution in [3.63, 3.8) is 0 Å². The Morgan fingerprint density at radius 1 is 1.28 bits per heavy atom. The van der Waals surface area contributed by atoms with Crippen LogP contribution in [0.25, 0.3) is 0 Å². The third kappa shape index (κ3) is 5.83. The fourth-order valence-electron chi connectivity index (χ4n) is 2.87. The van der Waals surface area contributed by atoms with Gasteiger partial charge in [0.25, 0.3) is 5.91 Å². The molecule has 0 aromatic heterocycles. The summed E-state index contributed by atoms with van der Waals surface area (Å²) in [5, 5.41) is 11.5. The number of nitriles is 1. The van der Waals surface area contributed by atoms with Crippen molar-refractivity contribution < 1.29 is 19.1 Å². The summed E-state index contributed by atoms with van der Waals surface area (Å²) in [5.74, 6) is -0.200. The minimum atomic E-state index is -0.964. The molecule has 0 unspecified atom stereocenters. The Morgan fingerprint density at radius 3 is 2.72 bits per heavy atom. The standard InChI is InChI=1S/C22H22N2O4S/c1-15(21(25)24-17-10-8-16(13-23)9-11-17)28-22(26)19-6-2-3-7-20(19)29-14-18-5-4-12-27-18/h2-3,6-11,15,18H,4-5,12,14H2,1H3,(H,24,25)/t15-,18+/m0/s1. The van der Waals surface area contributed by atoms with Crippen molar-refractivity contribution in [1.82, 2.24) is 0 Å². The van der Waals surface area contributed by atoms with Gasteiger partial charge in [0, 0.05) is 22.9 Å². The quantitative estimate of drug-likeness (QED) is 0.548. The molecule has 2 aromatic rings. The predicted molar refractivity (Wildman–Crippen MR) is 111 cm³/mol. The van der Waals surface area contributed by atoms with Crippen molar-refractivity contribution in [1.29, 1.82) is 5.26 Å². The number of ether oxygens (including phenoxy) is 2. The lowest BCUT2D eigenvalue weighted by atomic mass is 10.2. The first-order chi connectivity index (χ1) is 14.1. The van der Waals surface area contributed by atoms with Crippen LogP contribution in [0.2, 0.25) is 0 Å². The van der Waals surface area contributed by atoms with Gasteiger partial charge in [0.05, 0.1) is 23.3 Å². The highest BCUT2D eigenvalue weighted by Gasteiger charge is 2.22. The smallest absolute Gasteiger partial charge is 0.340 e. The average Bonchev–Trinajstić information content (AvgIpc) is 3.26.